The third-order valence-electron chi connectivity index (χ3n) is 6.25. The van der Waals surface area contributed by atoms with Crippen LogP contribution in [0.5, 0.6) is 0 Å². The van der Waals surface area contributed by atoms with E-state index in [0.29, 0.717) is 12.2 Å². The maximum absolute atomic E-state index is 13.6. The van der Waals surface area contributed by atoms with Gasteiger partial charge in [-0.15, -0.1) is 0 Å². The molecule has 5 rings (SSSR count). The summed E-state index contributed by atoms with van der Waals surface area (Å²) < 4.78 is 2.01. The van der Waals surface area contributed by atoms with Crippen LogP contribution < -0.4 is 10.6 Å². The van der Waals surface area contributed by atoms with Crippen molar-refractivity contribution in [2.24, 2.45) is 0 Å². The van der Waals surface area contributed by atoms with Crippen molar-refractivity contribution in [1.82, 2.24) is 9.78 Å². The lowest BCUT2D eigenvalue weighted by Crippen LogP contribution is -2.36. The molecule has 1 aliphatic carbocycles. The predicted octanol–water partition coefficient (Wildman–Crippen LogP) is 4.15. The van der Waals surface area contributed by atoms with E-state index in [1.165, 1.54) is 16.8 Å². The third kappa shape index (κ3) is 2.84. The van der Waals surface area contributed by atoms with Crippen LogP contribution in [0.3, 0.4) is 0 Å². The average molecular weight is 386 g/mol. The van der Waals surface area contributed by atoms with Crippen molar-refractivity contribution in [3.63, 3.8) is 0 Å². The molecular weight excluding hydrogens is 360 g/mol. The highest BCUT2D eigenvalue weighted by Crippen LogP contribution is 2.35. The molecule has 0 saturated heterocycles. The minimum atomic E-state index is -0.00165. The van der Waals surface area contributed by atoms with Crippen LogP contribution in [0.4, 0.5) is 11.4 Å². The standard InChI is InChI=1S/C24H26N4O/c1-15-11-12-20(16(2)14-15)28-22-10-3-6-18(22)23(26-28)24(29)27-13-5-7-17-19(25)8-4-9-21(17)27/h4,8-9,11-12,14H,3,5-7,10,13,25H2,1-2H3. The van der Waals surface area contributed by atoms with Gasteiger partial charge in [-0.1, -0.05) is 23.8 Å². The SMILES string of the molecule is Cc1ccc(-n2nc(C(=O)N3CCCc4c(N)cccc43)c3c2CCC3)c(C)c1. The van der Waals surface area contributed by atoms with Gasteiger partial charge in [-0.05, 0) is 75.3 Å². The van der Waals surface area contributed by atoms with E-state index >= 15 is 0 Å². The lowest BCUT2D eigenvalue weighted by molar-refractivity contribution is 0.0979. The Hall–Kier alpha value is -3.08. The summed E-state index contributed by atoms with van der Waals surface area (Å²) in [5.41, 5.74) is 15.4. The maximum Gasteiger partial charge on any atom is 0.279 e. The van der Waals surface area contributed by atoms with E-state index < -0.39 is 0 Å². The fraction of sp³-hybridized carbons (Fsp3) is 0.333. The number of hydrogen-bond donors (Lipinski definition) is 1. The molecule has 0 saturated carbocycles. The summed E-state index contributed by atoms with van der Waals surface area (Å²) >= 11 is 0. The van der Waals surface area contributed by atoms with Gasteiger partial charge in [0.2, 0.25) is 0 Å². The van der Waals surface area contributed by atoms with Crippen LogP contribution in [0.1, 0.15) is 51.3 Å². The first-order valence-electron chi connectivity index (χ1n) is 10.4. The van der Waals surface area contributed by atoms with Gasteiger partial charge in [-0.2, -0.15) is 5.10 Å². The Morgan fingerprint density at radius 2 is 1.83 bits per heavy atom. The van der Waals surface area contributed by atoms with Gasteiger partial charge in [-0.3, -0.25) is 4.79 Å². The van der Waals surface area contributed by atoms with Crippen LogP contribution in [-0.2, 0) is 19.3 Å². The Balaban J connectivity index is 1.60. The van der Waals surface area contributed by atoms with E-state index in [0.717, 1.165) is 60.3 Å². The Morgan fingerprint density at radius 3 is 2.66 bits per heavy atom. The normalized spacial score (nSPS) is 15.3. The van der Waals surface area contributed by atoms with Crippen molar-refractivity contribution in [2.75, 3.05) is 17.2 Å². The number of hydrogen-bond acceptors (Lipinski definition) is 3. The molecule has 29 heavy (non-hydrogen) atoms. The van der Waals surface area contributed by atoms with Crippen LogP contribution in [0, 0.1) is 13.8 Å². The fourth-order valence-corrected chi connectivity index (χ4v) is 4.84. The molecule has 1 aliphatic heterocycles. The molecule has 2 aromatic carbocycles. The minimum Gasteiger partial charge on any atom is -0.398 e. The molecule has 1 aromatic heterocycles. The Labute approximate surface area is 171 Å². The highest BCUT2D eigenvalue weighted by atomic mass is 16.2. The zero-order valence-electron chi connectivity index (χ0n) is 17.0. The summed E-state index contributed by atoms with van der Waals surface area (Å²) in [5, 5.41) is 4.86. The van der Waals surface area contributed by atoms with Crippen molar-refractivity contribution in [1.29, 1.82) is 0 Å². The summed E-state index contributed by atoms with van der Waals surface area (Å²) in [6.07, 6.45) is 4.79. The first kappa shape index (κ1) is 18.0. The monoisotopic (exact) mass is 386 g/mol. The topological polar surface area (TPSA) is 64.2 Å². The van der Waals surface area contributed by atoms with Crippen molar-refractivity contribution < 1.29 is 4.79 Å². The number of carbonyl (C=O) groups is 1. The summed E-state index contributed by atoms with van der Waals surface area (Å²) in [5.74, 6) is -0.00165. The summed E-state index contributed by atoms with van der Waals surface area (Å²) in [4.78, 5) is 15.5. The molecule has 148 valence electrons. The van der Waals surface area contributed by atoms with E-state index in [1.807, 2.05) is 27.8 Å². The van der Waals surface area contributed by atoms with E-state index in [1.54, 1.807) is 0 Å². The van der Waals surface area contributed by atoms with Gasteiger partial charge in [0.05, 0.1) is 5.69 Å². The van der Waals surface area contributed by atoms with E-state index in [-0.39, 0.29) is 5.91 Å². The zero-order chi connectivity index (χ0) is 20.1. The van der Waals surface area contributed by atoms with Crippen LogP contribution >= 0.6 is 0 Å². The van der Waals surface area contributed by atoms with Crippen LogP contribution in [0.2, 0.25) is 0 Å². The quantitative estimate of drug-likeness (QED) is 0.673. The molecule has 0 radical (unpaired) electrons. The molecule has 5 nitrogen and oxygen atoms in total. The molecule has 0 bridgehead atoms. The molecule has 0 fully saturated rings. The molecule has 0 atom stereocenters. The number of carbonyl (C=O) groups excluding carboxylic acids is 1. The lowest BCUT2D eigenvalue weighted by Gasteiger charge is -2.30. The predicted molar refractivity (Wildman–Crippen MR) is 116 cm³/mol. The first-order chi connectivity index (χ1) is 14.0. The van der Waals surface area contributed by atoms with Gasteiger partial charge in [0.15, 0.2) is 5.69 Å². The largest absolute Gasteiger partial charge is 0.398 e. The van der Waals surface area contributed by atoms with Gasteiger partial charge in [0.25, 0.3) is 5.91 Å². The molecule has 2 aliphatic rings. The maximum atomic E-state index is 13.6. The third-order valence-corrected chi connectivity index (χ3v) is 6.25. The Kier molecular flexibility index (Phi) is 4.19. The number of aromatic nitrogens is 2. The number of nitrogen functional groups attached to an aromatic ring is 1. The van der Waals surface area contributed by atoms with E-state index in [2.05, 4.69) is 32.0 Å². The molecule has 0 unspecified atom stereocenters. The summed E-state index contributed by atoms with van der Waals surface area (Å²) in [6, 6.07) is 12.2. The summed E-state index contributed by atoms with van der Waals surface area (Å²) in [6.45, 7) is 4.91. The molecular formula is C24H26N4O. The zero-order valence-corrected chi connectivity index (χ0v) is 17.0. The van der Waals surface area contributed by atoms with Gasteiger partial charge in [0, 0.05) is 29.2 Å². The highest BCUT2D eigenvalue weighted by Gasteiger charge is 2.32. The van der Waals surface area contributed by atoms with E-state index in [4.69, 9.17) is 10.8 Å². The smallest absolute Gasteiger partial charge is 0.279 e. The average Bonchev–Trinajstić information content (AvgIpc) is 3.31. The number of rotatable bonds is 2. The molecule has 5 heteroatoms. The molecule has 2 N–H and O–H groups in total. The molecule has 1 amide bonds. The number of benzene rings is 2. The lowest BCUT2D eigenvalue weighted by atomic mass is 9.99. The Bertz CT molecular complexity index is 1130. The molecule has 2 heterocycles. The molecule has 0 spiro atoms. The second-order valence-corrected chi connectivity index (χ2v) is 8.23. The van der Waals surface area contributed by atoms with Gasteiger partial charge in [0.1, 0.15) is 0 Å². The summed E-state index contributed by atoms with van der Waals surface area (Å²) in [7, 11) is 0. The van der Waals surface area contributed by atoms with Crippen molar-refractivity contribution in [2.45, 2.75) is 46.0 Å². The second-order valence-electron chi connectivity index (χ2n) is 8.23. The van der Waals surface area contributed by atoms with Crippen LogP contribution in [0.15, 0.2) is 36.4 Å². The highest BCUT2D eigenvalue weighted by molar-refractivity contribution is 6.07. The van der Waals surface area contributed by atoms with Gasteiger partial charge >= 0.3 is 0 Å². The van der Waals surface area contributed by atoms with Crippen molar-refractivity contribution >= 4 is 17.3 Å². The van der Waals surface area contributed by atoms with E-state index in [9.17, 15) is 4.79 Å². The molecule has 3 aromatic rings. The fourth-order valence-electron chi connectivity index (χ4n) is 4.84. The van der Waals surface area contributed by atoms with Crippen LogP contribution in [-0.4, -0.2) is 22.2 Å². The number of amides is 1. The first-order valence-corrected chi connectivity index (χ1v) is 10.4. The van der Waals surface area contributed by atoms with Crippen LogP contribution in [0.25, 0.3) is 5.69 Å². The number of aryl methyl sites for hydroxylation is 2. The van der Waals surface area contributed by atoms with Gasteiger partial charge in [-0.25, -0.2) is 4.68 Å². The number of anilines is 2. The van der Waals surface area contributed by atoms with Crippen molar-refractivity contribution in [3.8, 4) is 5.69 Å². The van der Waals surface area contributed by atoms with Gasteiger partial charge < -0.3 is 10.6 Å². The minimum absolute atomic E-state index is 0.00165. The Morgan fingerprint density at radius 1 is 1.00 bits per heavy atom. The number of nitrogens with two attached hydrogens (primary N) is 1. The number of fused-ring (bicyclic) bond motifs is 2. The van der Waals surface area contributed by atoms with Crippen molar-refractivity contribution in [3.05, 3.63) is 70.0 Å². The number of nitrogens with zero attached hydrogens (tertiary/aromatic N) is 3. The second kappa shape index (κ2) is 6.76.